The third-order valence-electron chi connectivity index (χ3n) is 3.73. The van der Waals surface area contributed by atoms with Gasteiger partial charge in [0.2, 0.25) is 0 Å². The van der Waals surface area contributed by atoms with E-state index in [1.165, 1.54) is 25.9 Å². The van der Waals surface area contributed by atoms with Crippen molar-refractivity contribution < 1.29 is 5.21 Å². The molecule has 1 aromatic rings. The monoisotopic (exact) mass is 296 g/mol. The van der Waals surface area contributed by atoms with Crippen molar-refractivity contribution >= 4 is 23.1 Å². The van der Waals surface area contributed by atoms with Crippen molar-refractivity contribution in [2.45, 2.75) is 12.8 Å². The molecule has 3 N–H and O–H groups in total. The summed E-state index contributed by atoms with van der Waals surface area (Å²) < 4.78 is 0. The molecule has 1 aromatic carbocycles. The van der Waals surface area contributed by atoms with Crippen LogP contribution >= 0.6 is 11.6 Å². The summed E-state index contributed by atoms with van der Waals surface area (Å²) in [6.07, 6.45) is 2.62. The number of anilines is 1. The fourth-order valence-electron chi connectivity index (χ4n) is 2.43. The first-order chi connectivity index (χ1) is 9.61. The molecule has 1 fully saturated rings. The molecule has 0 bridgehead atoms. The zero-order valence-corrected chi connectivity index (χ0v) is 12.5. The van der Waals surface area contributed by atoms with Crippen LogP contribution in [0.3, 0.4) is 0 Å². The molecular formula is C14H21ClN4O. The smallest absolute Gasteiger partial charge is 0.171 e. The van der Waals surface area contributed by atoms with Gasteiger partial charge in [0, 0.05) is 31.4 Å². The quantitative estimate of drug-likeness (QED) is 0.377. The fourth-order valence-corrected chi connectivity index (χ4v) is 2.70. The van der Waals surface area contributed by atoms with Gasteiger partial charge in [-0.1, -0.05) is 16.8 Å². The number of hydrogen-bond acceptors (Lipinski definition) is 4. The van der Waals surface area contributed by atoms with Crippen LogP contribution in [0.1, 0.15) is 18.4 Å². The molecule has 0 unspecified atom stereocenters. The Kier molecular flexibility index (Phi) is 5.09. The summed E-state index contributed by atoms with van der Waals surface area (Å²) in [7, 11) is 2.05. The molecule has 0 atom stereocenters. The number of hydrogen-bond donors (Lipinski definition) is 2. The molecule has 5 nitrogen and oxygen atoms in total. The van der Waals surface area contributed by atoms with Crippen LogP contribution in [0.15, 0.2) is 23.4 Å². The number of likely N-dealkylation sites (tertiary alicyclic amines) is 1. The van der Waals surface area contributed by atoms with Crippen LogP contribution < -0.4 is 10.6 Å². The molecular weight excluding hydrogens is 276 g/mol. The van der Waals surface area contributed by atoms with Gasteiger partial charge in [-0.15, -0.1) is 0 Å². The second-order valence-electron chi connectivity index (χ2n) is 5.12. The lowest BCUT2D eigenvalue weighted by molar-refractivity contribution is 0.318. The molecule has 6 heteroatoms. The van der Waals surface area contributed by atoms with E-state index < -0.39 is 0 Å². The first-order valence-corrected chi connectivity index (χ1v) is 7.20. The number of halogens is 1. The van der Waals surface area contributed by atoms with E-state index in [0.29, 0.717) is 10.6 Å². The van der Waals surface area contributed by atoms with Crippen molar-refractivity contribution in [1.29, 1.82) is 0 Å². The summed E-state index contributed by atoms with van der Waals surface area (Å²) in [5, 5.41) is 12.1. The average molecular weight is 297 g/mol. The molecule has 0 spiro atoms. The Labute approximate surface area is 124 Å². The molecule has 0 amide bonds. The van der Waals surface area contributed by atoms with Gasteiger partial charge in [-0.2, -0.15) is 0 Å². The number of benzene rings is 1. The minimum absolute atomic E-state index is 0.0290. The average Bonchev–Trinajstić information content (AvgIpc) is 2.97. The minimum atomic E-state index is 0.0290. The van der Waals surface area contributed by atoms with Crippen LogP contribution in [-0.4, -0.2) is 49.2 Å². The summed E-state index contributed by atoms with van der Waals surface area (Å²) in [4.78, 5) is 4.64. The van der Waals surface area contributed by atoms with E-state index in [2.05, 4.69) is 15.0 Å². The van der Waals surface area contributed by atoms with Crippen LogP contribution in [0.25, 0.3) is 0 Å². The molecule has 1 saturated heterocycles. The van der Waals surface area contributed by atoms with E-state index in [0.717, 1.165) is 18.8 Å². The Morgan fingerprint density at radius 3 is 2.75 bits per heavy atom. The molecule has 0 aromatic heterocycles. The first kappa shape index (κ1) is 14.9. The van der Waals surface area contributed by atoms with Crippen molar-refractivity contribution in [2.24, 2.45) is 10.9 Å². The fraction of sp³-hybridized carbons (Fsp3) is 0.500. The lowest BCUT2D eigenvalue weighted by Crippen LogP contribution is -2.31. The van der Waals surface area contributed by atoms with Gasteiger partial charge in [-0.3, -0.25) is 0 Å². The van der Waals surface area contributed by atoms with E-state index in [4.69, 9.17) is 22.5 Å². The Hall–Kier alpha value is -1.46. The first-order valence-electron chi connectivity index (χ1n) is 6.83. The van der Waals surface area contributed by atoms with Crippen LogP contribution in [0, 0.1) is 0 Å². The maximum Gasteiger partial charge on any atom is 0.171 e. The van der Waals surface area contributed by atoms with Crippen molar-refractivity contribution in [2.75, 3.05) is 38.1 Å². The molecule has 0 aliphatic carbocycles. The summed E-state index contributed by atoms with van der Waals surface area (Å²) in [5.74, 6) is 0.0290. The van der Waals surface area contributed by atoms with Gasteiger partial charge >= 0.3 is 0 Å². The summed E-state index contributed by atoms with van der Waals surface area (Å²) in [6.45, 7) is 4.43. The third-order valence-corrected chi connectivity index (χ3v) is 4.04. The standard InChI is InChI=1S/C14H21ClN4O/c1-18(8-9-19-6-2-3-7-19)11-4-5-12(13(15)10-11)14(16)17-20/h4-5,10,20H,2-3,6-9H2,1H3,(H2,16,17). The van der Waals surface area contributed by atoms with E-state index >= 15 is 0 Å². The van der Waals surface area contributed by atoms with Gasteiger partial charge in [0.05, 0.1) is 5.02 Å². The van der Waals surface area contributed by atoms with Gasteiger partial charge in [-0.25, -0.2) is 0 Å². The molecule has 20 heavy (non-hydrogen) atoms. The Morgan fingerprint density at radius 1 is 1.45 bits per heavy atom. The predicted octanol–water partition coefficient (Wildman–Crippen LogP) is 1.97. The number of oxime groups is 1. The van der Waals surface area contributed by atoms with Gasteiger partial charge < -0.3 is 20.7 Å². The maximum absolute atomic E-state index is 8.69. The van der Waals surface area contributed by atoms with Gasteiger partial charge in [0.25, 0.3) is 0 Å². The Balaban J connectivity index is 1.99. The number of nitrogens with zero attached hydrogens (tertiary/aromatic N) is 3. The summed E-state index contributed by atoms with van der Waals surface area (Å²) in [5.41, 5.74) is 7.14. The number of likely N-dealkylation sites (N-methyl/N-ethyl adjacent to an activating group) is 1. The van der Waals surface area contributed by atoms with E-state index in [9.17, 15) is 0 Å². The lowest BCUT2D eigenvalue weighted by atomic mass is 10.2. The van der Waals surface area contributed by atoms with Gasteiger partial charge in [0.15, 0.2) is 5.84 Å². The molecule has 0 radical (unpaired) electrons. The molecule has 2 rings (SSSR count). The second kappa shape index (κ2) is 6.81. The van der Waals surface area contributed by atoms with Gasteiger partial charge in [0.1, 0.15) is 0 Å². The van der Waals surface area contributed by atoms with E-state index in [1.54, 1.807) is 6.07 Å². The SMILES string of the molecule is CN(CCN1CCCC1)c1ccc(C(N)=NO)c(Cl)c1. The minimum Gasteiger partial charge on any atom is -0.409 e. The number of amidine groups is 1. The maximum atomic E-state index is 8.69. The normalized spacial score (nSPS) is 16.6. The molecule has 1 heterocycles. The van der Waals surface area contributed by atoms with Crippen LogP contribution in [0.2, 0.25) is 5.02 Å². The summed E-state index contributed by atoms with van der Waals surface area (Å²) >= 11 is 6.17. The summed E-state index contributed by atoms with van der Waals surface area (Å²) in [6, 6.07) is 5.56. The van der Waals surface area contributed by atoms with Crippen molar-refractivity contribution in [1.82, 2.24) is 4.90 Å². The van der Waals surface area contributed by atoms with Gasteiger partial charge in [-0.05, 0) is 44.1 Å². The van der Waals surface area contributed by atoms with Crippen molar-refractivity contribution in [3.05, 3.63) is 28.8 Å². The van der Waals surface area contributed by atoms with Crippen LogP contribution in [0.5, 0.6) is 0 Å². The molecule has 1 aliphatic rings. The molecule has 110 valence electrons. The molecule has 0 saturated carbocycles. The topological polar surface area (TPSA) is 65.1 Å². The highest BCUT2D eigenvalue weighted by atomic mass is 35.5. The van der Waals surface area contributed by atoms with Crippen LogP contribution in [0.4, 0.5) is 5.69 Å². The zero-order chi connectivity index (χ0) is 14.5. The third kappa shape index (κ3) is 3.55. The highest BCUT2D eigenvalue weighted by molar-refractivity contribution is 6.34. The highest BCUT2D eigenvalue weighted by Crippen LogP contribution is 2.23. The Bertz CT molecular complexity index is 486. The molecule has 1 aliphatic heterocycles. The van der Waals surface area contributed by atoms with Crippen LogP contribution in [-0.2, 0) is 0 Å². The number of rotatable bonds is 5. The highest BCUT2D eigenvalue weighted by Gasteiger charge is 2.13. The number of nitrogens with two attached hydrogens (primary N) is 1. The Morgan fingerprint density at radius 2 is 2.15 bits per heavy atom. The van der Waals surface area contributed by atoms with Crippen molar-refractivity contribution in [3.63, 3.8) is 0 Å². The van der Waals surface area contributed by atoms with E-state index in [1.807, 2.05) is 19.2 Å². The zero-order valence-electron chi connectivity index (χ0n) is 11.7. The predicted molar refractivity (Wildman–Crippen MR) is 82.9 cm³/mol. The lowest BCUT2D eigenvalue weighted by Gasteiger charge is -2.23. The largest absolute Gasteiger partial charge is 0.409 e. The van der Waals surface area contributed by atoms with E-state index in [-0.39, 0.29) is 5.84 Å². The second-order valence-corrected chi connectivity index (χ2v) is 5.53. The van der Waals surface area contributed by atoms with Crippen molar-refractivity contribution in [3.8, 4) is 0 Å².